The van der Waals surface area contributed by atoms with E-state index in [0.29, 0.717) is 23.1 Å². The molecule has 0 spiro atoms. The molecule has 0 heterocycles. The lowest BCUT2D eigenvalue weighted by Crippen LogP contribution is -2.12. The molecule has 0 aromatic heterocycles. The third-order valence-electron chi connectivity index (χ3n) is 4.74. The van der Waals surface area contributed by atoms with Crippen molar-refractivity contribution in [2.75, 3.05) is 7.11 Å². The summed E-state index contributed by atoms with van der Waals surface area (Å²) in [5.41, 5.74) is 4.11. The van der Waals surface area contributed by atoms with Crippen LogP contribution >= 0.6 is 0 Å². The van der Waals surface area contributed by atoms with E-state index in [1.807, 2.05) is 55.5 Å². The average molecular weight is 316 g/mol. The maximum atomic E-state index is 13.2. The molecule has 3 heteroatoms. The van der Waals surface area contributed by atoms with Crippen LogP contribution in [0.4, 0.5) is 0 Å². The molecule has 0 unspecified atom stereocenters. The van der Waals surface area contributed by atoms with E-state index in [1.165, 1.54) is 7.11 Å². The number of aryl methyl sites for hydroxylation is 1. The second-order valence-electron chi connectivity index (χ2n) is 5.91. The maximum Gasteiger partial charge on any atom is 0.338 e. The fourth-order valence-corrected chi connectivity index (χ4v) is 3.60. The molecule has 1 aliphatic carbocycles. The van der Waals surface area contributed by atoms with Crippen molar-refractivity contribution in [1.29, 1.82) is 0 Å². The first-order chi connectivity index (χ1) is 11.7. The van der Waals surface area contributed by atoms with Crippen molar-refractivity contribution in [3.8, 4) is 11.1 Å². The quantitative estimate of drug-likeness (QED) is 0.515. The first-order valence-corrected chi connectivity index (χ1v) is 7.98. The molecule has 0 N–H and O–H groups in total. The number of ether oxygens (including phenoxy) is 1. The van der Waals surface area contributed by atoms with Crippen molar-refractivity contribution >= 4 is 22.5 Å². The van der Waals surface area contributed by atoms with Gasteiger partial charge in [-0.15, -0.1) is 0 Å². The number of carbonyl (C=O) groups is 2. The Hall–Kier alpha value is -2.94. The molecule has 0 aliphatic heterocycles. The zero-order valence-electron chi connectivity index (χ0n) is 13.6. The summed E-state index contributed by atoms with van der Waals surface area (Å²) in [7, 11) is 1.35. The summed E-state index contributed by atoms with van der Waals surface area (Å²) in [6, 6.07) is 15.7. The van der Waals surface area contributed by atoms with Crippen LogP contribution in [0, 0.1) is 0 Å². The molecule has 4 rings (SSSR count). The molecule has 3 nitrogen and oxygen atoms in total. The van der Waals surface area contributed by atoms with Crippen molar-refractivity contribution < 1.29 is 14.3 Å². The van der Waals surface area contributed by atoms with Crippen LogP contribution in [-0.4, -0.2) is 18.9 Å². The van der Waals surface area contributed by atoms with E-state index in [9.17, 15) is 9.59 Å². The molecule has 0 bridgehead atoms. The highest BCUT2D eigenvalue weighted by molar-refractivity contribution is 6.30. The minimum absolute atomic E-state index is 0.0903. The molecule has 0 radical (unpaired) electrons. The van der Waals surface area contributed by atoms with E-state index in [0.717, 1.165) is 27.5 Å². The van der Waals surface area contributed by atoms with Crippen LogP contribution in [-0.2, 0) is 11.2 Å². The molecule has 1 aliphatic rings. The van der Waals surface area contributed by atoms with Gasteiger partial charge in [-0.25, -0.2) is 4.79 Å². The van der Waals surface area contributed by atoms with Gasteiger partial charge in [-0.3, -0.25) is 4.79 Å². The maximum absolute atomic E-state index is 13.2. The van der Waals surface area contributed by atoms with Gasteiger partial charge in [-0.1, -0.05) is 55.5 Å². The van der Waals surface area contributed by atoms with Crippen molar-refractivity contribution in [2.45, 2.75) is 13.3 Å². The largest absolute Gasteiger partial charge is 0.465 e. The van der Waals surface area contributed by atoms with Crippen LogP contribution in [0.15, 0.2) is 48.5 Å². The summed E-state index contributed by atoms with van der Waals surface area (Å²) in [5, 5.41) is 1.94. The summed E-state index contributed by atoms with van der Waals surface area (Å²) >= 11 is 0. The van der Waals surface area contributed by atoms with E-state index in [2.05, 4.69) is 0 Å². The van der Waals surface area contributed by atoms with Gasteiger partial charge in [0.2, 0.25) is 0 Å². The zero-order chi connectivity index (χ0) is 16.8. The molecule has 118 valence electrons. The topological polar surface area (TPSA) is 43.4 Å². The number of ketones is 1. The molecular weight excluding hydrogens is 300 g/mol. The SMILES string of the molecule is CCc1ccc2c(c1C(=O)OC)C(=O)c1c-2ccc2ccccc12. The Morgan fingerprint density at radius 3 is 2.42 bits per heavy atom. The van der Waals surface area contributed by atoms with Gasteiger partial charge >= 0.3 is 5.97 Å². The fourth-order valence-electron chi connectivity index (χ4n) is 3.60. The molecular formula is C21H16O3. The molecule has 0 atom stereocenters. The lowest BCUT2D eigenvalue weighted by Gasteiger charge is -2.10. The number of methoxy groups -OCH3 is 1. The van der Waals surface area contributed by atoms with Crippen molar-refractivity contribution in [3.63, 3.8) is 0 Å². The number of rotatable bonds is 2. The Balaban J connectivity index is 2.08. The standard InChI is InChI=1S/C21H16O3/c1-3-12-8-10-16-15-11-9-13-6-4-5-7-14(13)18(15)20(22)19(16)17(12)21(23)24-2/h4-11H,3H2,1-2H3. The Bertz CT molecular complexity index is 1020. The lowest BCUT2D eigenvalue weighted by atomic mass is 9.94. The third kappa shape index (κ3) is 1.84. The summed E-state index contributed by atoms with van der Waals surface area (Å²) in [5.74, 6) is -0.540. The summed E-state index contributed by atoms with van der Waals surface area (Å²) in [6.07, 6.45) is 0.669. The monoisotopic (exact) mass is 316 g/mol. The number of carbonyl (C=O) groups excluding carboxylic acids is 2. The highest BCUT2D eigenvalue weighted by Gasteiger charge is 2.34. The van der Waals surface area contributed by atoms with Gasteiger partial charge in [0.05, 0.1) is 12.7 Å². The predicted molar refractivity (Wildman–Crippen MR) is 93.5 cm³/mol. The molecule has 3 aromatic carbocycles. The fraction of sp³-hybridized carbons (Fsp3) is 0.143. The highest BCUT2D eigenvalue weighted by Crippen LogP contribution is 2.42. The van der Waals surface area contributed by atoms with Crippen LogP contribution in [0.3, 0.4) is 0 Å². The van der Waals surface area contributed by atoms with Crippen LogP contribution in [0.5, 0.6) is 0 Å². The zero-order valence-corrected chi connectivity index (χ0v) is 13.6. The molecule has 0 saturated heterocycles. The lowest BCUT2D eigenvalue weighted by molar-refractivity contribution is 0.0596. The van der Waals surface area contributed by atoms with Gasteiger partial charge in [0.1, 0.15) is 0 Å². The Morgan fingerprint density at radius 2 is 1.67 bits per heavy atom. The molecule has 0 fully saturated rings. The van der Waals surface area contributed by atoms with Crippen LogP contribution in [0.2, 0.25) is 0 Å². The second-order valence-corrected chi connectivity index (χ2v) is 5.91. The van der Waals surface area contributed by atoms with Crippen molar-refractivity contribution in [3.05, 3.63) is 70.8 Å². The average Bonchev–Trinajstić information content (AvgIpc) is 2.93. The Morgan fingerprint density at radius 1 is 0.958 bits per heavy atom. The minimum atomic E-state index is -0.450. The highest BCUT2D eigenvalue weighted by atomic mass is 16.5. The third-order valence-corrected chi connectivity index (χ3v) is 4.74. The summed E-state index contributed by atoms with van der Waals surface area (Å²) < 4.78 is 4.95. The van der Waals surface area contributed by atoms with E-state index in [4.69, 9.17) is 4.74 Å². The summed E-state index contributed by atoms with van der Waals surface area (Å²) in [4.78, 5) is 25.5. The second kappa shape index (κ2) is 5.31. The van der Waals surface area contributed by atoms with Crippen molar-refractivity contribution in [2.24, 2.45) is 0 Å². The van der Waals surface area contributed by atoms with E-state index >= 15 is 0 Å². The first kappa shape index (κ1) is 14.6. The number of esters is 1. The molecule has 24 heavy (non-hydrogen) atoms. The predicted octanol–water partition coefficient (Wildman–Crippen LogP) is 4.40. The van der Waals surface area contributed by atoms with Crippen molar-refractivity contribution in [1.82, 2.24) is 0 Å². The van der Waals surface area contributed by atoms with E-state index < -0.39 is 5.97 Å². The normalized spacial score (nSPS) is 12.2. The minimum Gasteiger partial charge on any atom is -0.465 e. The van der Waals surface area contributed by atoms with E-state index in [-0.39, 0.29) is 5.78 Å². The first-order valence-electron chi connectivity index (χ1n) is 7.98. The van der Waals surface area contributed by atoms with E-state index in [1.54, 1.807) is 0 Å². The Labute approximate surface area is 139 Å². The van der Waals surface area contributed by atoms with Crippen LogP contribution in [0.25, 0.3) is 21.9 Å². The van der Waals surface area contributed by atoms with Crippen LogP contribution in [0.1, 0.15) is 38.8 Å². The van der Waals surface area contributed by atoms with Gasteiger partial charge in [-0.05, 0) is 33.9 Å². The van der Waals surface area contributed by atoms with Gasteiger partial charge in [0, 0.05) is 11.1 Å². The number of hydrogen-bond donors (Lipinski definition) is 0. The van der Waals surface area contributed by atoms with Crippen LogP contribution < -0.4 is 0 Å². The smallest absolute Gasteiger partial charge is 0.338 e. The molecule has 0 saturated carbocycles. The number of fused-ring (bicyclic) bond motifs is 5. The van der Waals surface area contributed by atoms with Gasteiger partial charge in [0.15, 0.2) is 5.78 Å². The Kier molecular flexibility index (Phi) is 3.24. The molecule has 3 aromatic rings. The summed E-state index contributed by atoms with van der Waals surface area (Å²) in [6.45, 7) is 1.97. The van der Waals surface area contributed by atoms with Gasteiger partial charge < -0.3 is 4.74 Å². The molecule has 0 amide bonds. The number of hydrogen-bond acceptors (Lipinski definition) is 3. The van der Waals surface area contributed by atoms with Gasteiger partial charge in [0.25, 0.3) is 0 Å². The van der Waals surface area contributed by atoms with Gasteiger partial charge in [-0.2, -0.15) is 0 Å². The number of benzene rings is 3.